The molecule has 3 aromatic carbocycles. The summed E-state index contributed by atoms with van der Waals surface area (Å²) in [5, 5.41) is 2.85. The highest BCUT2D eigenvalue weighted by atomic mass is 127. The van der Waals surface area contributed by atoms with Crippen molar-refractivity contribution in [3.05, 3.63) is 88.0 Å². The van der Waals surface area contributed by atoms with Gasteiger partial charge in [-0.05, 0) is 103 Å². The fourth-order valence-corrected chi connectivity index (χ4v) is 5.16. The molecule has 1 amide bonds. The molecule has 34 heavy (non-hydrogen) atoms. The maximum atomic E-state index is 13.3. The molecule has 8 heteroatoms. The molecule has 0 aromatic heterocycles. The van der Waals surface area contributed by atoms with E-state index in [0.717, 1.165) is 32.0 Å². The van der Waals surface area contributed by atoms with E-state index in [-0.39, 0.29) is 23.5 Å². The van der Waals surface area contributed by atoms with Crippen LogP contribution in [0.25, 0.3) is 0 Å². The lowest BCUT2D eigenvalue weighted by molar-refractivity contribution is -0.119. The minimum Gasteiger partial charge on any atom is -0.491 e. The Morgan fingerprint density at radius 2 is 1.62 bits per heavy atom. The van der Waals surface area contributed by atoms with Crippen LogP contribution in [0.3, 0.4) is 0 Å². The molecule has 3 aromatic rings. The van der Waals surface area contributed by atoms with E-state index in [1.807, 2.05) is 50.2 Å². The van der Waals surface area contributed by atoms with E-state index < -0.39 is 10.0 Å². The number of hydrogen-bond acceptors (Lipinski definition) is 4. The highest BCUT2D eigenvalue weighted by Gasteiger charge is 2.26. The van der Waals surface area contributed by atoms with E-state index >= 15 is 0 Å². The second-order valence-corrected chi connectivity index (χ2v) is 11.2. The van der Waals surface area contributed by atoms with E-state index in [1.54, 1.807) is 30.3 Å². The average molecular weight is 592 g/mol. The van der Waals surface area contributed by atoms with Crippen LogP contribution in [0.4, 0.5) is 5.69 Å². The third-order valence-electron chi connectivity index (χ3n) is 4.99. The standard InChI is InChI=1S/C26H29IN2O4S/c1-20(2)33-24-16-10-21(11-17-24)7-6-18-28-26(30)19-29(23-14-12-22(27)13-15-23)34(31,32)25-8-4-3-5-9-25/h3-5,8-17,20H,6-7,18-19H2,1-2H3,(H,28,30). The first-order valence-electron chi connectivity index (χ1n) is 11.1. The van der Waals surface area contributed by atoms with Crippen LogP contribution in [0.5, 0.6) is 5.75 Å². The monoisotopic (exact) mass is 592 g/mol. The Morgan fingerprint density at radius 1 is 0.971 bits per heavy atom. The summed E-state index contributed by atoms with van der Waals surface area (Å²) in [5.74, 6) is 0.487. The van der Waals surface area contributed by atoms with Gasteiger partial charge >= 0.3 is 0 Å². The molecule has 180 valence electrons. The van der Waals surface area contributed by atoms with Gasteiger partial charge in [0.25, 0.3) is 10.0 Å². The summed E-state index contributed by atoms with van der Waals surface area (Å²) in [5.41, 5.74) is 1.60. The second kappa shape index (κ2) is 12.2. The lowest BCUT2D eigenvalue weighted by atomic mass is 10.1. The van der Waals surface area contributed by atoms with Crippen LogP contribution in [0.2, 0.25) is 0 Å². The van der Waals surface area contributed by atoms with Crippen LogP contribution in [-0.2, 0) is 21.2 Å². The molecule has 0 saturated heterocycles. The zero-order chi connectivity index (χ0) is 24.6. The lowest BCUT2D eigenvalue weighted by Gasteiger charge is -2.24. The summed E-state index contributed by atoms with van der Waals surface area (Å²) in [6, 6.07) is 23.1. The van der Waals surface area contributed by atoms with Crippen LogP contribution in [0.15, 0.2) is 83.8 Å². The summed E-state index contributed by atoms with van der Waals surface area (Å²) in [4.78, 5) is 12.8. The topological polar surface area (TPSA) is 75.7 Å². The van der Waals surface area contributed by atoms with Gasteiger partial charge in [-0.25, -0.2) is 8.42 Å². The number of aryl methyl sites for hydroxylation is 1. The van der Waals surface area contributed by atoms with Gasteiger partial charge in [0.1, 0.15) is 12.3 Å². The summed E-state index contributed by atoms with van der Waals surface area (Å²) < 4.78 is 34.4. The molecule has 6 nitrogen and oxygen atoms in total. The normalized spacial score (nSPS) is 11.3. The van der Waals surface area contributed by atoms with Gasteiger partial charge in [0, 0.05) is 10.1 Å². The number of carbonyl (C=O) groups is 1. The quantitative estimate of drug-likeness (QED) is 0.251. The molecule has 0 aliphatic carbocycles. The first-order chi connectivity index (χ1) is 16.3. The molecule has 0 aliphatic heterocycles. The van der Waals surface area contributed by atoms with Gasteiger partial charge in [-0.15, -0.1) is 0 Å². The number of benzene rings is 3. The van der Waals surface area contributed by atoms with E-state index in [2.05, 4.69) is 27.9 Å². The van der Waals surface area contributed by atoms with Gasteiger partial charge in [0.2, 0.25) is 5.91 Å². The summed E-state index contributed by atoms with van der Waals surface area (Å²) >= 11 is 2.16. The van der Waals surface area contributed by atoms with Crippen molar-refractivity contribution < 1.29 is 17.9 Å². The van der Waals surface area contributed by atoms with Gasteiger partial charge in [-0.1, -0.05) is 30.3 Å². The fraction of sp³-hybridized carbons (Fsp3) is 0.269. The number of rotatable bonds is 11. The number of nitrogens with zero attached hydrogens (tertiary/aromatic N) is 1. The SMILES string of the molecule is CC(C)Oc1ccc(CCCNC(=O)CN(c2ccc(I)cc2)S(=O)(=O)c2ccccc2)cc1. The smallest absolute Gasteiger partial charge is 0.264 e. The zero-order valence-electron chi connectivity index (χ0n) is 19.3. The summed E-state index contributed by atoms with van der Waals surface area (Å²) in [6.07, 6.45) is 1.67. The third-order valence-corrected chi connectivity index (χ3v) is 7.50. The van der Waals surface area contributed by atoms with Crippen LogP contribution < -0.4 is 14.4 Å². The summed E-state index contributed by atoms with van der Waals surface area (Å²) in [7, 11) is -3.89. The Hall–Kier alpha value is -2.59. The van der Waals surface area contributed by atoms with Crippen molar-refractivity contribution in [3.8, 4) is 5.75 Å². The maximum Gasteiger partial charge on any atom is 0.264 e. The van der Waals surface area contributed by atoms with Crippen molar-refractivity contribution in [2.45, 2.75) is 37.7 Å². The van der Waals surface area contributed by atoms with E-state index in [9.17, 15) is 13.2 Å². The van der Waals surface area contributed by atoms with E-state index in [0.29, 0.717) is 12.2 Å². The molecule has 0 spiro atoms. The minimum absolute atomic E-state index is 0.130. The van der Waals surface area contributed by atoms with Crippen molar-refractivity contribution in [3.63, 3.8) is 0 Å². The predicted molar refractivity (Wildman–Crippen MR) is 144 cm³/mol. The van der Waals surface area contributed by atoms with Crippen LogP contribution >= 0.6 is 22.6 Å². The molecule has 0 aliphatic rings. The van der Waals surface area contributed by atoms with Crippen molar-refractivity contribution in [1.29, 1.82) is 0 Å². The molecular formula is C26H29IN2O4S. The van der Waals surface area contributed by atoms with Crippen LogP contribution in [0.1, 0.15) is 25.8 Å². The van der Waals surface area contributed by atoms with Gasteiger partial charge in [-0.2, -0.15) is 0 Å². The van der Waals surface area contributed by atoms with E-state index in [4.69, 9.17) is 4.74 Å². The molecule has 0 radical (unpaired) electrons. The highest BCUT2D eigenvalue weighted by Crippen LogP contribution is 2.24. The predicted octanol–water partition coefficient (Wildman–Crippen LogP) is 5.02. The molecule has 0 unspecified atom stereocenters. The molecule has 0 saturated carbocycles. The van der Waals surface area contributed by atoms with Gasteiger partial charge in [0.15, 0.2) is 0 Å². The number of nitrogens with one attached hydrogen (secondary N) is 1. The average Bonchev–Trinajstić information content (AvgIpc) is 2.82. The number of sulfonamides is 1. The first kappa shape index (κ1) is 26.0. The van der Waals surface area contributed by atoms with Gasteiger partial charge in [-0.3, -0.25) is 9.10 Å². The van der Waals surface area contributed by atoms with Crippen molar-refractivity contribution in [2.75, 3.05) is 17.4 Å². The largest absolute Gasteiger partial charge is 0.491 e. The van der Waals surface area contributed by atoms with Gasteiger partial charge in [0.05, 0.1) is 16.7 Å². The number of ether oxygens (including phenoxy) is 1. The molecule has 0 heterocycles. The number of carbonyl (C=O) groups excluding carboxylic acids is 1. The van der Waals surface area contributed by atoms with Crippen molar-refractivity contribution in [2.24, 2.45) is 0 Å². The molecule has 0 bridgehead atoms. The number of halogens is 1. The number of hydrogen-bond donors (Lipinski definition) is 1. The lowest BCUT2D eigenvalue weighted by Crippen LogP contribution is -2.41. The Morgan fingerprint density at radius 3 is 2.24 bits per heavy atom. The fourth-order valence-electron chi connectivity index (χ4n) is 3.36. The van der Waals surface area contributed by atoms with Gasteiger partial charge < -0.3 is 10.1 Å². The Labute approximate surface area is 215 Å². The Balaban J connectivity index is 1.60. The third kappa shape index (κ3) is 7.46. The number of amides is 1. The zero-order valence-corrected chi connectivity index (χ0v) is 22.3. The minimum atomic E-state index is -3.89. The highest BCUT2D eigenvalue weighted by molar-refractivity contribution is 14.1. The molecule has 0 fully saturated rings. The summed E-state index contributed by atoms with van der Waals surface area (Å²) in [6.45, 7) is 4.14. The molecule has 1 N–H and O–H groups in total. The van der Waals surface area contributed by atoms with Crippen LogP contribution in [0, 0.1) is 3.57 Å². The van der Waals surface area contributed by atoms with Crippen molar-refractivity contribution in [1.82, 2.24) is 5.32 Å². The van der Waals surface area contributed by atoms with Crippen LogP contribution in [-0.4, -0.2) is 33.5 Å². The molecule has 0 atom stereocenters. The molecule has 3 rings (SSSR count). The van der Waals surface area contributed by atoms with Crippen molar-refractivity contribution >= 4 is 44.2 Å². The molecular weight excluding hydrogens is 563 g/mol. The van der Waals surface area contributed by atoms with E-state index in [1.165, 1.54) is 12.1 Å². The number of anilines is 1. The first-order valence-corrected chi connectivity index (χ1v) is 13.6. The Bertz CT molecular complexity index is 1170. The maximum absolute atomic E-state index is 13.3. The second-order valence-electron chi connectivity index (χ2n) is 8.07. The Kier molecular flexibility index (Phi) is 9.35.